The molecule has 0 bridgehead atoms. The summed E-state index contributed by atoms with van der Waals surface area (Å²) in [5.74, 6) is -1.38. The van der Waals surface area contributed by atoms with Crippen molar-refractivity contribution < 1.29 is 23.9 Å². The summed E-state index contributed by atoms with van der Waals surface area (Å²) in [7, 11) is 0. The van der Waals surface area contributed by atoms with E-state index in [1.165, 1.54) is 11.8 Å². The maximum absolute atomic E-state index is 13.1. The van der Waals surface area contributed by atoms with E-state index in [9.17, 15) is 19.2 Å². The van der Waals surface area contributed by atoms with Crippen LogP contribution in [0, 0.1) is 0 Å². The molecule has 3 N–H and O–H groups in total. The molecule has 1 heterocycles. The lowest BCUT2D eigenvalue weighted by atomic mass is 10.2. The van der Waals surface area contributed by atoms with Crippen LogP contribution in [0.15, 0.2) is 114 Å². The van der Waals surface area contributed by atoms with Crippen LogP contribution in [0.25, 0.3) is 6.08 Å². The van der Waals surface area contributed by atoms with E-state index < -0.39 is 17.8 Å². The van der Waals surface area contributed by atoms with Crippen LogP contribution in [0.3, 0.4) is 0 Å². The molecule has 0 radical (unpaired) electrons. The van der Waals surface area contributed by atoms with Crippen molar-refractivity contribution in [3.63, 3.8) is 0 Å². The molecule has 0 saturated heterocycles. The number of hydrogen-bond acceptors (Lipinski definition) is 7. The third kappa shape index (κ3) is 8.90. The van der Waals surface area contributed by atoms with Gasteiger partial charge in [-0.2, -0.15) is 0 Å². The minimum absolute atomic E-state index is 0.0577. The van der Waals surface area contributed by atoms with E-state index in [2.05, 4.69) is 20.9 Å². The van der Waals surface area contributed by atoms with Crippen molar-refractivity contribution >= 4 is 52.9 Å². The van der Waals surface area contributed by atoms with E-state index in [1.54, 1.807) is 116 Å². The summed E-state index contributed by atoms with van der Waals surface area (Å²) in [5.41, 5.74) is 2.62. The van der Waals surface area contributed by atoms with Crippen molar-refractivity contribution in [1.82, 2.24) is 10.3 Å². The Labute approximate surface area is 247 Å². The van der Waals surface area contributed by atoms with Crippen LogP contribution in [-0.2, 0) is 14.3 Å². The van der Waals surface area contributed by atoms with Gasteiger partial charge in [-0.25, -0.2) is 4.79 Å². The Kier molecular flexibility index (Phi) is 10.6. The third-order valence-electron chi connectivity index (χ3n) is 5.69. The molecule has 0 fully saturated rings. The van der Waals surface area contributed by atoms with E-state index in [1.807, 2.05) is 0 Å². The predicted octanol–water partition coefficient (Wildman–Crippen LogP) is 5.40. The molecule has 9 nitrogen and oxygen atoms in total. The number of carbonyl (C=O) groups is 4. The molecule has 4 rings (SSSR count). The number of esters is 1. The fourth-order valence-electron chi connectivity index (χ4n) is 3.65. The topological polar surface area (TPSA) is 126 Å². The van der Waals surface area contributed by atoms with Crippen molar-refractivity contribution in [2.24, 2.45) is 0 Å². The quantitative estimate of drug-likeness (QED) is 0.123. The number of pyridine rings is 1. The maximum atomic E-state index is 13.1. The molecule has 3 amide bonds. The standard InChI is InChI=1S/C32H28N4O5S/c1-2-41-32(40)24-10-12-25(13-11-24)34-29(37)21-42-27-16-14-26(15-17-27)35-31(39)28(19-22-7-6-18-33-20-22)36-30(38)23-8-4-3-5-9-23/h3-20H,2,21H2,1H3,(H,34,37)(H,35,39)(H,36,38)/b28-19-. The summed E-state index contributed by atoms with van der Waals surface area (Å²) >= 11 is 1.33. The number of anilines is 2. The first-order valence-corrected chi connectivity index (χ1v) is 14.0. The third-order valence-corrected chi connectivity index (χ3v) is 6.70. The van der Waals surface area contributed by atoms with Crippen molar-refractivity contribution in [2.75, 3.05) is 23.0 Å². The number of aromatic nitrogens is 1. The maximum Gasteiger partial charge on any atom is 0.338 e. The molecular formula is C32H28N4O5S. The van der Waals surface area contributed by atoms with Gasteiger partial charge in [0.25, 0.3) is 11.8 Å². The number of benzene rings is 3. The van der Waals surface area contributed by atoms with Gasteiger partial charge in [0.1, 0.15) is 5.70 Å². The number of hydrogen-bond donors (Lipinski definition) is 3. The van der Waals surface area contributed by atoms with E-state index in [-0.39, 0.29) is 17.4 Å². The first-order chi connectivity index (χ1) is 20.4. The zero-order valence-electron chi connectivity index (χ0n) is 22.7. The molecule has 0 aliphatic carbocycles. The zero-order chi connectivity index (χ0) is 29.7. The van der Waals surface area contributed by atoms with Crippen LogP contribution in [0.4, 0.5) is 11.4 Å². The summed E-state index contributed by atoms with van der Waals surface area (Å²) in [6.07, 6.45) is 4.76. The first-order valence-electron chi connectivity index (χ1n) is 13.0. The molecule has 0 atom stereocenters. The Hall–Kier alpha value is -5.22. The average Bonchev–Trinajstić information content (AvgIpc) is 3.01. The highest BCUT2D eigenvalue weighted by molar-refractivity contribution is 8.00. The minimum atomic E-state index is -0.503. The van der Waals surface area contributed by atoms with Gasteiger partial charge in [0.05, 0.1) is 17.9 Å². The average molecular weight is 581 g/mol. The van der Waals surface area contributed by atoms with Crippen molar-refractivity contribution in [2.45, 2.75) is 11.8 Å². The molecule has 4 aromatic rings. The summed E-state index contributed by atoms with van der Waals surface area (Å²) in [6, 6.07) is 25.6. The number of ether oxygens (including phenoxy) is 1. The Bertz CT molecular complexity index is 1560. The Morgan fingerprint density at radius 1 is 0.810 bits per heavy atom. The SMILES string of the molecule is CCOC(=O)c1ccc(NC(=O)CSc2ccc(NC(=O)/C(=C/c3cccnc3)NC(=O)c3ccccc3)cc2)cc1. The Morgan fingerprint density at radius 2 is 1.50 bits per heavy atom. The van der Waals surface area contributed by atoms with Crippen LogP contribution in [0.5, 0.6) is 0 Å². The predicted molar refractivity (Wildman–Crippen MR) is 163 cm³/mol. The Balaban J connectivity index is 1.34. The second-order valence-electron chi connectivity index (χ2n) is 8.78. The van der Waals surface area contributed by atoms with Gasteiger partial charge >= 0.3 is 5.97 Å². The molecule has 0 aliphatic heterocycles. The van der Waals surface area contributed by atoms with Gasteiger partial charge in [-0.05, 0) is 85.3 Å². The van der Waals surface area contributed by atoms with E-state index in [4.69, 9.17) is 4.74 Å². The van der Waals surface area contributed by atoms with Gasteiger partial charge in [-0.15, -0.1) is 11.8 Å². The molecule has 1 aromatic heterocycles. The summed E-state index contributed by atoms with van der Waals surface area (Å²) in [4.78, 5) is 55.0. The smallest absolute Gasteiger partial charge is 0.338 e. The molecule has 10 heteroatoms. The van der Waals surface area contributed by atoms with E-state index in [0.29, 0.717) is 34.7 Å². The molecule has 0 aliphatic rings. The van der Waals surface area contributed by atoms with Crippen molar-refractivity contribution in [3.05, 3.63) is 126 Å². The van der Waals surface area contributed by atoms with Crippen molar-refractivity contribution in [3.8, 4) is 0 Å². The monoisotopic (exact) mass is 580 g/mol. The van der Waals surface area contributed by atoms with Gasteiger partial charge in [0.2, 0.25) is 5.91 Å². The second kappa shape index (κ2) is 15.0. The number of amides is 3. The molecule has 0 unspecified atom stereocenters. The lowest BCUT2D eigenvalue weighted by Gasteiger charge is -2.12. The number of rotatable bonds is 11. The number of nitrogens with zero attached hydrogens (tertiary/aromatic N) is 1. The second-order valence-corrected chi connectivity index (χ2v) is 9.83. The number of carbonyl (C=O) groups excluding carboxylic acids is 4. The summed E-state index contributed by atoms with van der Waals surface area (Å²) < 4.78 is 4.96. The van der Waals surface area contributed by atoms with Gasteiger partial charge in [0.15, 0.2) is 0 Å². The lowest BCUT2D eigenvalue weighted by molar-refractivity contribution is -0.114. The molecular weight excluding hydrogens is 552 g/mol. The van der Waals surface area contributed by atoms with Gasteiger partial charge in [-0.1, -0.05) is 24.3 Å². The fourth-order valence-corrected chi connectivity index (χ4v) is 4.35. The first kappa shape index (κ1) is 29.8. The minimum Gasteiger partial charge on any atom is -0.462 e. The summed E-state index contributed by atoms with van der Waals surface area (Å²) in [6.45, 7) is 2.03. The van der Waals surface area contributed by atoms with Crippen LogP contribution in [-0.4, -0.2) is 41.0 Å². The normalized spacial score (nSPS) is 10.8. The molecule has 212 valence electrons. The van der Waals surface area contributed by atoms with Gasteiger partial charge in [0, 0.05) is 34.2 Å². The van der Waals surface area contributed by atoms with Crippen LogP contribution in [0.1, 0.15) is 33.2 Å². The van der Waals surface area contributed by atoms with Gasteiger partial charge in [-0.3, -0.25) is 19.4 Å². The highest BCUT2D eigenvalue weighted by Crippen LogP contribution is 2.21. The number of nitrogens with one attached hydrogen (secondary N) is 3. The van der Waals surface area contributed by atoms with E-state index in [0.717, 1.165) is 4.90 Å². The molecule has 3 aromatic carbocycles. The Morgan fingerprint density at radius 3 is 2.17 bits per heavy atom. The van der Waals surface area contributed by atoms with Crippen LogP contribution >= 0.6 is 11.8 Å². The van der Waals surface area contributed by atoms with Gasteiger partial charge < -0.3 is 20.7 Å². The molecule has 42 heavy (non-hydrogen) atoms. The molecule has 0 saturated carbocycles. The van der Waals surface area contributed by atoms with Crippen LogP contribution in [0.2, 0.25) is 0 Å². The highest BCUT2D eigenvalue weighted by Gasteiger charge is 2.15. The summed E-state index contributed by atoms with van der Waals surface area (Å²) in [5, 5.41) is 8.28. The fraction of sp³-hybridized carbons (Fsp3) is 0.0938. The lowest BCUT2D eigenvalue weighted by Crippen LogP contribution is -2.30. The van der Waals surface area contributed by atoms with Crippen molar-refractivity contribution in [1.29, 1.82) is 0 Å². The largest absolute Gasteiger partial charge is 0.462 e. The highest BCUT2D eigenvalue weighted by atomic mass is 32.2. The van der Waals surface area contributed by atoms with Crippen LogP contribution < -0.4 is 16.0 Å². The number of thioether (sulfide) groups is 1. The zero-order valence-corrected chi connectivity index (χ0v) is 23.5. The molecule has 0 spiro atoms. The van der Waals surface area contributed by atoms with E-state index >= 15 is 0 Å².